The minimum atomic E-state index is 1.10. The molecule has 0 saturated carbocycles. The number of nitrogens with zero attached hydrogens (tertiary/aromatic N) is 2. The highest BCUT2D eigenvalue weighted by atomic mass is 15.1. The monoisotopic (exact) mass is 658 g/mol. The van der Waals surface area contributed by atoms with Crippen LogP contribution in [0.1, 0.15) is 42.7 Å². The van der Waals surface area contributed by atoms with Gasteiger partial charge in [-0.05, 0) is 133 Å². The number of anilines is 3. The number of para-hydroxylation sites is 1. The zero-order valence-electron chi connectivity index (χ0n) is 29.6. The third-order valence-corrected chi connectivity index (χ3v) is 10.1. The van der Waals surface area contributed by atoms with Gasteiger partial charge in [-0.15, -0.1) is 0 Å². The lowest BCUT2D eigenvalue weighted by atomic mass is 9.99. The summed E-state index contributed by atoms with van der Waals surface area (Å²) in [6.45, 7) is 6.67. The second kappa shape index (κ2) is 14.0. The zero-order valence-corrected chi connectivity index (χ0v) is 29.6. The average molecular weight is 659 g/mol. The number of aryl methyl sites for hydroxylation is 2. The Kier molecular flexibility index (Phi) is 8.82. The van der Waals surface area contributed by atoms with Gasteiger partial charge in [0.1, 0.15) is 0 Å². The summed E-state index contributed by atoms with van der Waals surface area (Å²) >= 11 is 0. The fraction of sp³-hybridized carbons (Fsp3) is 0.102. The van der Waals surface area contributed by atoms with E-state index < -0.39 is 0 Å². The first-order chi connectivity index (χ1) is 25.0. The van der Waals surface area contributed by atoms with Crippen LogP contribution >= 0.6 is 0 Å². The zero-order chi connectivity index (χ0) is 34.7. The summed E-state index contributed by atoms with van der Waals surface area (Å²) in [4.78, 5) is 2.36. The Morgan fingerprint density at radius 3 is 1.75 bits per heavy atom. The fourth-order valence-corrected chi connectivity index (χ4v) is 7.52. The molecule has 0 radical (unpaired) electrons. The van der Waals surface area contributed by atoms with E-state index in [1.165, 1.54) is 66.8 Å². The number of aromatic nitrogens is 1. The van der Waals surface area contributed by atoms with Crippen LogP contribution in [0.5, 0.6) is 0 Å². The van der Waals surface area contributed by atoms with E-state index in [2.05, 4.69) is 206 Å². The molecule has 1 aliphatic carbocycles. The summed E-state index contributed by atoms with van der Waals surface area (Å²) in [7, 11) is 0. The number of hydrogen-bond donors (Lipinski definition) is 0. The number of fused-ring (bicyclic) bond motifs is 3. The van der Waals surface area contributed by atoms with Crippen molar-refractivity contribution in [2.45, 2.75) is 33.6 Å². The van der Waals surface area contributed by atoms with Gasteiger partial charge in [0.25, 0.3) is 0 Å². The molecule has 0 amide bonds. The summed E-state index contributed by atoms with van der Waals surface area (Å²) in [5.41, 5.74) is 17.2. The molecule has 0 saturated heterocycles. The lowest BCUT2D eigenvalue weighted by Gasteiger charge is -2.27. The number of hydrogen-bond acceptors (Lipinski definition) is 1. The van der Waals surface area contributed by atoms with Gasteiger partial charge in [0, 0.05) is 33.8 Å². The third-order valence-electron chi connectivity index (χ3n) is 10.1. The number of benzene rings is 6. The molecule has 0 fully saturated rings. The minimum absolute atomic E-state index is 1.10. The van der Waals surface area contributed by atoms with Gasteiger partial charge in [-0.2, -0.15) is 0 Å². The van der Waals surface area contributed by atoms with E-state index in [0.717, 1.165) is 29.9 Å². The highest BCUT2D eigenvalue weighted by molar-refractivity contribution is 5.92. The van der Waals surface area contributed by atoms with E-state index in [0.29, 0.717) is 0 Å². The van der Waals surface area contributed by atoms with Crippen molar-refractivity contribution in [3.63, 3.8) is 0 Å². The van der Waals surface area contributed by atoms with Crippen LogP contribution in [0, 0.1) is 6.92 Å². The normalized spacial score (nSPS) is 13.0. The standard InChI is InChI=1S/C49H42N2/c1-35(22-23-37(3)50-48-20-12-10-18-46(48)47-19-11-13-21-49(47)50)45-33-32-44(34-36(45)2)51(42-28-24-40(25-29-42)38-14-6-4-7-15-38)43-30-26-41(27-31-43)39-16-8-5-9-17-39/h4-10,12-18,20-34H,11,19H2,1-3H3/b35-22+,37-23+. The first-order valence-electron chi connectivity index (χ1n) is 17.9. The molecule has 0 N–H and O–H groups in total. The number of rotatable bonds is 8. The second-order valence-electron chi connectivity index (χ2n) is 13.5. The average Bonchev–Trinajstić information content (AvgIpc) is 3.53. The third kappa shape index (κ3) is 6.37. The van der Waals surface area contributed by atoms with E-state index >= 15 is 0 Å². The SMILES string of the molecule is C/C(=C\C=C(/C)n1c2c(c3ccccc31)CCC=C2)c1ccc(N(c2ccc(-c3ccccc3)cc2)c2ccc(-c3ccccc3)cc2)cc1C. The lowest BCUT2D eigenvalue weighted by molar-refractivity contribution is 0.971. The van der Waals surface area contributed by atoms with Crippen LogP contribution in [-0.2, 0) is 6.42 Å². The molecular weight excluding hydrogens is 617 g/mol. The first-order valence-corrected chi connectivity index (χ1v) is 17.9. The van der Waals surface area contributed by atoms with Crippen LogP contribution in [-0.4, -0.2) is 4.57 Å². The van der Waals surface area contributed by atoms with Crippen LogP contribution in [0.4, 0.5) is 17.1 Å². The van der Waals surface area contributed by atoms with Gasteiger partial charge in [-0.3, -0.25) is 0 Å². The minimum Gasteiger partial charge on any atom is -0.314 e. The van der Waals surface area contributed by atoms with Crippen LogP contribution in [0.25, 0.3) is 50.5 Å². The van der Waals surface area contributed by atoms with Gasteiger partial charge < -0.3 is 9.47 Å². The maximum Gasteiger partial charge on any atom is 0.0534 e. The van der Waals surface area contributed by atoms with Crippen molar-refractivity contribution in [1.82, 2.24) is 4.57 Å². The Labute approximate surface area is 302 Å². The molecule has 51 heavy (non-hydrogen) atoms. The molecule has 0 atom stereocenters. The van der Waals surface area contributed by atoms with Gasteiger partial charge in [0.05, 0.1) is 5.52 Å². The fourth-order valence-electron chi connectivity index (χ4n) is 7.52. The molecule has 2 heteroatoms. The topological polar surface area (TPSA) is 8.17 Å². The summed E-state index contributed by atoms with van der Waals surface area (Å²) in [6.07, 6.45) is 11.3. The van der Waals surface area contributed by atoms with Crippen molar-refractivity contribution >= 4 is 45.3 Å². The van der Waals surface area contributed by atoms with Crippen LogP contribution in [0.3, 0.4) is 0 Å². The Bertz CT molecular complexity index is 2320. The van der Waals surface area contributed by atoms with E-state index in [-0.39, 0.29) is 0 Å². The Morgan fingerprint density at radius 2 is 1.14 bits per heavy atom. The molecule has 1 aliphatic rings. The van der Waals surface area contributed by atoms with Crippen molar-refractivity contribution in [2.24, 2.45) is 0 Å². The molecule has 0 unspecified atom stereocenters. The second-order valence-corrected chi connectivity index (χ2v) is 13.5. The summed E-state index contributed by atoms with van der Waals surface area (Å²) < 4.78 is 2.42. The Balaban J connectivity index is 1.14. The molecule has 1 aromatic heterocycles. The highest BCUT2D eigenvalue weighted by Gasteiger charge is 2.18. The molecule has 8 rings (SSSR count). The summed E-state index contributed by atoms with van der Waals surface area (Å²) in [6, 6.07) is 54.6. The van der Waals surface area contributed by atoms with E-state index in [1.54, 1.807) is 0 Å². The van der Waals surface area contributed by atoms with E-state index in [1.807, 2.05) is 0 Å². The van der Waals surface area contributed by atoms with Crippen LogP contribution < -0.4 is 4.90 Å². The Hall–Kier alpha value is -6.12. The predicted octanol–water partition coefficient (Wildman–Crippen LogP) is 13.7. The summed E-state index contributed by atoms with van der Waals surface area (Å²) in [5, 5.41) is 1.37. The Morgan fingerprint density at radius 1 is 0.588 bits per heavy atom. The largest absolute Gasteiger partial charge is 0.314 e. The lowest BCUT2D eigenvalue weighted by Crippen LogP contribution is -2.10. The smallest absolute Gasteiger partial charge is 0.0534 e. The number of allylic oxidation sites excluding steroid dienone is 5. The molecule has 248 valence electrons. The molecule has 0 aliphatic heterocycles. The van der Waals surface area contributed by atoms with Gasteiger partial charge in [-0.25, -0.2) is 0 Å². The van der Waals surface area contributed by atoms with Gasteiger partial charge >= 0.3 is 0 Å². The molecule has 0 bridgehead atoms. The molecule has 7 aromatic rings. The van der Waals surface area contributed by atoms with Gasteiger partial charge in [0.2, 0.25) is 0 Å². The van der Waals surface area contributed by atoms with E-state index in [4.69, 9.17) is 0 Å². The first kappa shape index (κ1) is 32.1. The van der Waals surface area contributed by atoms with Crippen LogP contribution in [0.2, 0.25) is 0 Å². The van der Waals surface area contributed by atoms with Crippen molar-refractivity contribution < 1.29 is 0 Å². The van der Waals surface area contributed by atoms with Gasteiger partial charge in [-0.1, -0.05) is 121 Å². The highest BCUT2D eigenvalue weighted by Crippen LogP contribution is 2.39. The van der Waals surface area contributed by atoms with Crippen molar-refractivity contribution in [2.75, 3.05) is 4.90 Å². The molecular formula is C49H42N2. The van der Waals surface area contributed by atoms with E-state index in [9.17, 15) is 0 Å². The quantitative estimate of drug-likeness (QED) is 0.148. The molecule has 0 spiro atoms. The molecule has 2 nitrogen and oxygen atoms in total. The van der Waals surface area contributed by atoms with Crippen molar-refractivity contribution in [1.29, 1.82) is 0 Å². The van der Waals surface area contributed by atoms with Crippen LogP contribution in [0.15, 0.2) is 170 Å². The van der Waals surface area contributed by atoms with Gasteiger partial charge in [0.15, 0.2) is 0 Å². The molecule has 1 heterocycles. The maximum atomic E-state index is 2.42. The summed E-state index contributed by atoms with van der Waals surface area (Å²) in [5.74, 6) is 0. The predicted molar refractivity (Wildman–Crippen MR) is 220 cm³/mol. The molecule has 6 aromatic carbocycles. The van der Waals surface area contributed by atoms with Crippen molar-refractivity contribution in [3.8, 4) is 22.3 Å². The maximum absolute atomic E-state index is 2.42. The van der Waals surface area contributed by atoms with Crippen molar-refractivity contribution in [3.05, 3.63) is 192 Å².